The monoisotopic (exact) mass is 680 g/mol. The molecule has 0 radical (unpaired) electrons. The highest BCUT2D eigenvalue weighted by Crippen LogP contribution is 2.40. The number of nitrogens with two attached hydrogens (primary N) is 1. The van der Waals surface area contributed by atoms with Crippen LogP contribution in [0, 0.1) is 0 Å². The van der Waals surface area contributed by atoms with Crippen molar-refractivity contribution in [2.24, 2.45) is 10.7 Å². The maximum atomic E-state index is 6.66. The van der Waals surface area contributed by atoms with Crippen LogP contribution < -0.4 is 5.73 Å². The van der Waals surface area contributed by atoms with E-state index in [0.29, 0.717) is 5.84 Å². The summed E-state index contributed by atoms with van der Waals surface area (Å²) in [4.78, 5) is 5.15. The van der Waals surface area contributed by atoms with Gasteiger partial charge in [-0.15, -0.1) is 0 Å². The molecule has 0 saturated carbocycles. The van der Waals surface area contributed by atoms with Gasteiger partial charge in [-0.05, 0) is 86.0 Å². The summed E-state index contributed by atoms with van der Waals surface area (Å²) in [5.74, 6) is 0.496. The van der Waals surface area contributed by atoms with Gasteiger partial charge >= 0.3 is 0 Å². The molecule has 8 aromatic carbocycles. The molecule has 53 heavy (non-hydrogen) atoms. The Bertz CT molecular complexity index is 2710. The highest BCUT2D eigenvalue weighted by atomic mass is 16.3. The van der Waals surface area contributed by atoms with E-state index in [0.717, 1.165) is 49.8 Å². The van der Waals surface area contributed by atoms with Gasteiger partial charge < -0.3 is 10.2 Å². The molecule has 0 bridgehead atoms. The van der Waals surface area contributed by atoms with Crippen LogP contribution in [-0.4, -0.2) is 5.84 Å². The van der Waals surface area contributed by atoms with E-state index in [4.69, 9.17) is 15.1 Å². The highest BCUT2D eigenvalue weighted by molar-refractivity contribution is 6.08. The predicted octanol–water partition coefficient (Wildman–Crippen LogP) is 12.7. The minimum Gasteiger partial charge on any atom is -0.456 e. The lowest BCUT2D eigenvalue weighted by molar-refractivity contribution is 0.668. The molecule has 3 nitrogen and oxygen atoms in total. The van der Waals surface area contributed by atoms with Gasteiger partial charge in [0.25, 0.3) is 0 Å². The summed E-state index contributed by atoms with van der Waals surface area (Å²) >= 11 is 0. The Hall–Kier alpha value is -6.97. The second kappa shape index (κ2) is 14.0. The van der Waals surface area contributed by atoms with Crippen molar-refractivity contribution < 1.29 is 4.42 Å². The summed E-state index contributed by atoms with van der Waals surface area (Å²) in [6.07, 6.45) is 0. The second-order valence-corrected chi connectivity index (χ2v) is 13.3. The van der Waals surface area contributed by atoms with Crippen LogP contribution in [-0.2, 0) is 0 Å². The molecule has 0 amide bonds. The highest BCUT2D eigenvalue weighted by Gasteiger charge is 2.21. The fourth-order valence-electron chi connectivity index (χ4n) is 7.29. The molecular formula is C50H36N2O. The van der Waals surface area contributed by atoms with E-state index in [9.17, 15) is 0 Å². The Morgan fingerprint density at radius 2 is 0.887 bits per heavy atom. The zero-order valence-electron chi connectivity index (χ0n) is 29.1. The topological polar surface area (TPSA) is 51.5 Å². The van der Waals surface area contributed by atoms with Crippen LogP contribution in [0.3, 0.4) is 0 Å². The predicted molar refractivity (Wildman–Crippen MR) is 221 cm³/mol. The van der Waals surface area contributed by atoms with Gasteiger partial charge in [0.15, 0.2) is 0 Å². The number of aliphatic imine (C=N–C) groups is 1. The van der Waals surface area contributed by atoms with Gasteiger partial charge in [0, 0.05) is 16.3 Å². The van der Waals surface area contributed by atoms with Crippen LogP contribution in [0.15, 0.2) is 210 Å². The molecule has 0 saturated heterocycles. The zero-order valence-corrected chi connectivity index (χ0v) is 29.1. The first-order valence-corrected chi connectivity index (χ1v) is 17.9. The van der Waals surface area contributed by atoms with E-state index >= 15 is 0 Å². The summed E-state index contributed by atoms with van der Waals surface area (Å²) in [5, 5.41) is 2.10. The maximum Gasteiger partial charge on any atom is 0.135 e. The molecule has 9 rings (SSSR count). The molecule has 1 atom stereocenters. The van der Waals surface area contributed by atoms with E-state index in [2.05, 4.69) is 140 Å². The number of fused-ring (bicyclic) bond motifs is 3. The molecule has 0 aliphatic carbocycles. The first-order valence-electron chi connectivity index (χ1n) is 17.9. The summed E-state index contributed by atoms with van der Waals surface area (Å²) in [7, 11) is 0. The van der Waals surface area contributed by atoms with Crippen LogP contribution in [0.25, 0.3) is 66.4 Å². The van der Waals surface area contributed by atoms with Crippen molar-refractivity contribution in [3.8, 4) is 44.5 Å². The van der Waals surface area contributed by atoms with Crippen molar-refractivity contribution in [2.75, 3.05) is 0 Å². The van der Waals surface area contributed by atoms with Gasteiger partial charge in [-0.1, -0.05) is 170 Å². The van der Waals surface area contributed by atoms with Crippen LogP contribution >= 0.6 is 0 Å². The normalized spacial score (nSPS) is 12.3. The molecule has 9 aromatic rings. The zero-order chi connectivity index (χ0) is 35.6. The number of rotatable bonds is 8. The van der Waals surface area contributed by atoms with Crippen LogP contribution in [0.2, 0.25) is 0 Å². The van der Waals surface area contributed by atoms with E-state index in [1.807, 2.05) is 60.7 Å². The van der Waals surface area contributed by atoms with Crippen molar-refractivity contribution in [2.45, 2.75) is 6.04 Å². The molecule has 1 heterocycles. The van der Waals surface area contributed by atoms with Gasteiger partial charge in [-0.25, -0.2) is 0 Å². The first-order chi connectivity index (χ1) is 26.2. The molecule has 252 valence electrons. The van der Waals surface area contributed by atoms with E-state index in [-0.39, 0.29) is 6.04 Å². The number of hydrogen-bond acceptors (Lipinski definition) is 2. The van der Waals surface area contributed by atoms with Crippen molar-refractivity contribution in [3.05, 3.63) is 217 Å². The Labute approximate surface area is 309 Å². The lowest BCUT2D eigenvalue weighted by Crippen LogP contribution is -2.15. The lowest BCUT2D eigenvalue weighted by atomic mass is 9.93. The number of furan rings is 1. The van der Waals surface area contributed by atoms with Gasteiger partial charge in [0.2, 0.25) is 0 Å². The number of benzene rings is 8. The third-order valence-corrected chi connectivity index (χ3v) is 9.99. The average molecular weight is 681 g/mol. The minimum atomic E-state index is -0.323. The fraction of sp³-hybridized carbons (Fsp3) is 0.0200. The molecule has 0 aliphatic heterocycles. The standard InChI is InChI=1S/C50H36N2O/c51-50(38-17-8-3-9-18-38)52-49(37-15-6-2-7-16-37)44-23-12-24-47-48(44)45-33-43(29-30-46(45)53-47)42-22-11-21-41(32-42)36-27-25-35(26-28-36)40-20-10-19-39(31-40)34-13-4-1-5-14-34/h1-33,49H,(H2,51,52). The Morgan fingerprint density at radius 3 is 1.51 bits per heavy atom. The average Bonchev–Trinajstić information content (AvgIpc) is 3.62. The van der Waals surface area contributed by atoms with E-state index in [1.165, 1.54) is 33.4 Å². The summed E-state index contributed by atoms with van der Waals surface area (Å²) in [6.45, 7) is 0. The van der Waals surface area contributed by atoms with Gasteiger partial charge in [0.1, 0.15) is 23.0 Å². The van der Waals surface area contributed by atoms with Crippen molar-refractivity contribution in [3.63, 3.8) is 0 Å². The Kier molecular flexibility index (Phi) is 8.43. The molecule has 2 N–H and O–H groups in total. The van der Waals surface area contributed by atoms with Crippen LogP contribution in [0.4, 0.5) is 0 Å². The lowest BCUT2D eigenvalue weighted by Gasteiger charge is -2.16. The third-order valence-electron chi connectivity index (χ3n) is 9.99. The van der Waals surface area contributed by atoms with E-state index in [1.54, 1.807) is 0 Å². The smallest absolute Gasteiger partial charge is 0.135 e. The Balaban J connectivity index is 1.08. The third kappa shape index (κ3) is 6.41. The first kappa shape index (κ1) is 32.0. The van der Waals surface area contributed by atoms with Gasteiger partial charge in [0.05, 0.1) is 0 Å². The number of nitrogens with zero attached hydrogens (tertiary/aromatic N) is 1. The Morgan fingerprint density at radius 1 is 0.415 bits per heavy atom. The van der Waals surface area contributed by atoms with Crippen LogP contribution in [0.1, 0.15) is 22.7 Å². The second-order valence-electron chi connectivity index (χ2n) is 13.3. The summed E-state index contributed by atoms with van der Waals surface area (Å²) in [6, 6.07) is 69.5. The summed E-state index contributed by atoms with van der Waals surface area (Å²) in [5.41, 5.74) is 20.8. The van der Waals surface area contributed by atoms with Crippen molar-refractivity contribution in [1.29, 1.82) is 0 Å². The molecule has 3 heteroatoms. The molecule has 1 unspecified atom stereocenters. The molecule has 0 fully saturated rings. The SMILES string of the molecule is NC(=NC(c1ccccc1)c1cccc2oc3ccc(-c4cccc(-c5ccc(-c6cccc(-c7ccccc7)c6)cc5)c4)cc3c12)c1ccccc1. The largest absolute Gasteiger partial charge is 0.456 e. The van der Waals surface area contributed by atoms with Crippen molar-refractivity contribution >= 4 is 27.8 Å². The molecular weight excluding hydrogens is 645 g/mol. The van der Waals surface area contributed by atoms with Gasteiger partial charge in [-0.3, -0.25) is 4.99 Å². The van der Waals surface area contributed by atoms with Crippen molar-refractivity contribution in [1.82, 2.24) is 0 Å². The number of hydrogen-bond donors (Lipinski definition) is 1. The molecule has 0 aliphatic rings. The molecule has 1 aromatic heterocycles. The molecule has 0 spiro atoms. The quantitative estimate of drug-likeness (QED) is 0.128. The minimum absolute atomic E-state index is 0.323. The summed E-state index contributed by atoms with van der Waals surface area (Å²) < 4.78 is 6.45. The fourth-order valence-corrected chi connectivity index (χ4v) is 7.29. The number of amidine groups is 1. The van der Waals surface area contributed by atoms with E-state index < -0.39 is 0 Å². The van der Waals surface area contributed by atoms with Gasteiger partial charge in [-0.2, -0.15) is 0 Å². The maximum absolute atomic E-state index is 6.66. The van der Waals surface area contributed by atoms with Crippen LogP contribution in [0.5, 0.6) is 0 Å².